The van der Waals surface area contributed by atoms with Crippen LogP contribution in [0.3, 0.4) is 0 Å². The lowest BCUT2D eigenvalue weighted by Crippen LogP contribution is -2.52. The molecular formula is C26H33ClN2O3. The van der Waals surface area contributed by atoms with Gasteiger partial charge in [-0.25, -0.2) is 0 Å². The zero-order chi connectivity index (χ0) is 22.9. The number of halogens is 1. The molecule has 1 fully saturated rings. The van der Waals surface area contributed by atoms with Crippen molar-refractivity contribution in [3.05, 3.63) is 64.7 Å². The number of nitrogens with zero attached hydrogens (tertiary/aromatic N) is 1. The van der Waals surface area contributed by atoms with Gasteiger partial charge in [0.25, 0.3) is 5.91 Å². The van der Waals surface area contributed by atoms with Crippen molar-refractivity contribution in [1.82, 2.24) is 10.2 Å². The maximum atomic E-state index is 13.3. The first-order valence-electron chi connectivity index (χ1n) is 11.6. The fourth-order valence-corrected chi connectivity index (χ4v) is 4.34. The average Bonchev–Trinajstić information content (AvgIpc) is 3.32. The van der Waals surface area contributed by atoms with Crippen molar-refractivity contribution in [2.24, 2.45) is 0 Å². The zero-order valence-electron chi connectivity index (χ0n) is 19.0. The first kappa shape index (κ1) is 24.1. The highest BCUT2D eigenvalue weighted by molar-refractivity contribution is 6.31. The highest BCUT2D eigenvalue weighted by Crippen LogP contribution is 2.22. The third-order valence-electron chi connectivity index (χ3n) is 6.08. The fourth-order valence-electron chi connectivity index (χ4n) is 4.15. The van der Waals surface area contributed by atoms with E-state index >= 15 is 0 Å². The number of nitrogens with one attached hydrogen (secondary N) is 1. The molecule has 2 aromatic carbocycles. The SMILES string of the molecule is CCc1ccc(OCC(=O)N(Cc2ccccc2Cl)C(CC)C(=O)NC2CCCC2)cc1. The number of rotatable bonds is 10. The number of carbonyl (C=O) groups excluding carboxylic acids is 2. The third-order valence-corrected chi connectivity index (χ3v) is 6.45. The highest BCUT2D eigenvalue weighted by atomic mass is 35.5. The van der Waals surface area contributed by atoms with Gasteiger partial charge < -0.3 is 15.0 Å². The van der Waals surface area contributed by atoms with E-state index in [0.29, 0.717) is 17.2 Å². The summed E-state index contributed by atoms with van der Waals surface area (Å²) in [5.41, 5.74) is 2.01. The third kappa shape index (κ3) is 6.49. The molecule has 2 amide bonds. The lowest BCUT2D eigenvalue weighted by molar-refractivity contribution is -0.143. The van der Waals surface area contributed by atoms with Crippen LogP contribution < -0.4 is 10.1 Å². The van der Waals surface area contributed by atoms with Crippen molar-refractivity contribution in [2.45, 2.75) is 71.0 Å². The van der Waals surface area contributed by atoms with E-state index in [4.69, 9.17) is 16.3 Å². The normalized spacial score (nSPS) is 14.7. The molecule has 32 heavy (non-hydrogen) atoms. The van der Waals surface area contributed by atoms with Gasteiger partial charge in [0, 0.05) is 17.6 Å². The van der Waals surface area contributed by atoms with Gasteiger partial charge in [0.2, 0.25) is 5.91 Å². The summed E-state index contributed by atoms with van der Waals surface area (Å²) in [5, 5.41) is 3.72. The molecule has 0 aromatic heterocycles. The summed E-state index contributed by atoms with van der Waals surface area (Å²) in [6, 6.07) is 14.8. The molecule has 1 atom stereocenters. The molecule has 1 aliphatic carbocycles. The second kappa shape index (κ2) is 11.9. The Morgan fingerprint density at radius 1 is 1.09 bits per heavy atom. The van der Waals surface area contributed by atoms with Crippen LogP contribution in [-0.2, 0) is 22.6 Å². The number of hydrogen-bond donors (Lipinski definition) is 1. The molecule has 0 radical (unpaired) electrons. The molecule has 1 unspecified atom stereocenters. The Bertz CT molecular complexity index is 894. The quantitative estimate of drug-likeness (QED) is 0.538. The summed E-state index contributed by atoms with van der Waals surface area (Å²) < 4.78 is 5.77. The highest BCUT2D eigenvalue weighted by Gasteiger charge is 2.31. The smallest absolute Gasteiger partial charge is 0.261 e. The van der Waals surface area contributed by atoms with Gasteiger partial charge in [-0.3, -0.25) is 9.59 Å². The minimum absolute atomic E-state index is 0.105. The monoisotopic (exact) mass is 456 g/mol. The summed E-state index contributed by atoms with van der Waals surface area (Å²) >= 11 is 6.37. The Morgan fingerprint density at radius 3 is 2.41 bits per heavy atom. The zero-order valence-corrected chi connectivity index (χ0v) is 19.7. The van der Waals surface area contributed by atoms with Crippen molar-refractivity contribution in [1.29, 1.82) is 0 Å². The molecule has 0 heterocycles. The van der Waals surface area contributed by atoms with Gasteiger partial charge in [0.05, 0.1) is 0 Å². The molecule has 1 saturated carbocycles. The average molecular weight is 457 g/mol. The predicted octanol–water partition coefficient (Wildman–Crippen LogP) is 5.15. The molecule has 1 N–H and O–H groups in total. The van der Waals surface area contributed by atoms with E-state index in [9.17, 15) is 9.59 Å². The second-order valence-corrected chi connectivity index (χ2v) is 8.72. The molecule has 6 heteroatoms. The number of ether oxygens (including phenoxy) is 1. The summed E-state index contributed by atoms with van der Waals surface area (Å²) in [7, 11) is 0. The number of amides is 2. The molecule has 0 aliphatic heterocycles. The van der Waals surface area contributed by atoms with Gasteiger partial charge >= 0.3 is 0 Å². The van der Waals surface area contributed by atoms with Gasteiger partial charge in [-0.2, -0.15) is 0 Å². The summed E-state index contributed by atoms with van der Waals surface area (Å²) in [4.78, 5) is 28.0. The van der Waals surface area contributed by atoms with Crippen LogP contribution in [0.15, 0.2) is 48.5 Å². The summed E-state index contributed by atoms with van der Waals surface area (Å²) in [6.45, 7) is 4.14. The Kier molecular flexibility index (Phi) is 8.98. The standard InChI is InChI=1S/C26H33ClN2O3/c1-3-19-13-15-22(16-14-19)32-18-25(30)29(17-20-9-5-8-12-23(20)27)24(4-2)26(31)28-21-10-6-7-11-21/h5,8-9,12-16,21,24H,3-4,6-7,10-11,17-18H2,1-2H3,(H,28,31). The van der Waals surface area contributed by atoms with Crippen molar-refractivity contribution in [3.8, 4) is 5.75 Å². The van der Waals surface area contributed by atoms with Gasteiger partial charge in [0.15, 0.2) is 6.61 Å². The second-order valence-electron chi connectivity index (χ2n) is 8.31. The van der Waals surface area contributed by atoms with Crippen molar-refractivity contribution < 1.29 is 14.3 Å². The Morgan fingerprint density at radius 2 is 1.78 bits per heavy atom. The predicted molar refractivity (Wildman–Crippen MR) is 128 cm³/mol. The van der Waals surface area contributed by atoms with Crippen LogP contribution >= 0.6 is 11.6 Å². The van der Waals surface area contributed by atoms with E-state index in [1.807, 2.05) is 49.4 Å². The first-order valence-corrected chi connectivity index (χ1v) is 11.9. The molecule has 0 bridgehead atoms. The van der Waals surface area contributed by atoms with Crippen molar-refractivity contribution in [2.75, 3.05) is 6.61 Å². The van der Waals surface area contributed by atoms with Crippen LogP contribution in [0, 0.1) is 0 Å². The van der Waals surface area contributed by atoms with E-state index in [1.165, 1.54) is 5.56 Å². The minimum Gasteiger partial charge on any atom is -0.484 e. The van der Waals surface area contributed by atoms with Gasteiger partial charge in [-0.1, -0.05) is 68.6 Å². The summed E-state index contributed by atoms with van der Waals surface area (Å²) in [5.74, 6) is 0.293. The molecule has 2 aromatic rings. The molecule has 3 rings (SSSR count). The van der Waals surface area contributed by atoms with Gasteiger partial charge in [-0.05, 0) is 55.0 Å². The van der Waals surface area contributed by atoms with Crippen LogP contribution in [0.1, 0.15) is 57.1 Å². The van der Waals surface area contributed by atoms with E-state index < -0.39 is 6.04 Å². The van der Waals surface area contributed by atoms with Gasteiger partial charge in [-0.15, -0.1) is 0 Å². The molecular weight excluding hydrogens is 424 g/mol. The largest absolute Gasteiger partial charge is 0.484 e. The number of carbonyl (C=O) groups is 2. The molecule has 5 nitrogen and oxygen atoms in total. The molecule has 0 spiro atoms. The number of hydrogen-bond acceptors (Lipinski definition) is 3. The topological polar surface area (TPSA) is 58.6 Å². The van der Waals surface area contributed by atoms with Crippen LogP contribution in [0.2, 0.25) is 5.02 Å². The molecule has 1 aliphatic rings. The van der Waals surface area contributed by atoms with Crippen LogP contribution in [0.5, 0.6) is 5.75 Å². The van der Waals surface area contributed by atoms with E-state index in [2.05, 4.69) is 12.2 Å². The minimum atomic E-state index is -0.578. The van der Waals surface area contributed by atoms with Crippen LogP contribution in [0.25, 0.3) is 0 Å². The number of aryl methyl sites for hydroxylation is 1. The Labute approximate surface area is 196 Å². The lowest BCUT2D eigenvalue weighted by Gasteiger charge is -2.31. The number of benzene rings is 2. The van der Waals surface area contributed by atoms with Gasteiger partial charge in [0.1, 0.15) is 11.8 Å². The van der Waals surface area contributed by atoms with Crippen LogP contribution in [-0.4, -0.2) is 35.4 Å². The van der Waals surface area contributed by atoms with Crippen molar-refractivity contribution in [3.63, 3.8) is 0 Å². The molecule has 172 valence electrons. The lowest BCUT2D eigenvalue weighted by atomic mass is 10.1. The molecule has 0 saturated heterocycles. The Hall–Kier alpha value is -2.53. The van der Waals surface area contributed by atoms with Crippen molar-refractivity contribution >= 4 is 23.4 Å². The first-order chi connectivity index (χ1) is 15.5. The maximum Gasteiger partial charge on any atom is 0.261 e. The van der Waals surface area contributed by atoms with E-state index in [-0.39, 0.29) is 31.0 Å². The Balaban J connectivity index is 1.75. The summed E-state index contributed by atoms with van der Waals surface area (Å²) in [6.07, 6.45) is 5.72. The van der Waals surface area contributed by atoms with E-state index in [0.717, 1.165) is 37.7 Å². The maximum absolute atomic E-state index is 13.3. The van der Waals surface area contributed by atoms with E-state index in [1.54, 1.807) is 11.0 Å². The fraction of sp³-hybridized carbons (Fsp3) is 0.462. The van der Waals surface area contributed by atoms with Crippen LogP contribution in [0.4, 0.5) is 0 Å².